The van der Waals surface area contributed by atoms with E-state index in [1.54, 1.807) is 7.05 Å². The number of rotatable bonds is 5. The van der Waals surface area contributed by atoms with E-state index in [1.165, 1.54) is 5.56 Å². The van der Waals surface area contributed by atoms with Crippen molar-refractivity contribution in [2.24, 2.45) is 10.7 Å². The Bertz CT molecular complexity index is 544. The highest BCUT2D eigenvalue weighted by molar-refractivity contribution is 14.0. The van der Waals surface area contributed by atoms with Crippen molar-refractivity contribution in [3.05, 3.63) is 34.3 Å². The molecule has 1 aliphatic heterocycles. The summed E-state index contributed by atoms with van der Waals surface area (Å²) in [5.74, 6) is 0.546. The van der Waals surface area contributed by atoms with Crippen molar-refractivity contribution < 1.29 is 4.79 Å². The summed E-state index contributed by atoms with van der Waals surface area (Å²) in [6, 6.07) is 8.58. The molecule has 1 fully saturated rings. The third-order valence-electron chi connectivity index (χ3n) is 3.90. The average Bonchev–Trinajstić information content (AvgIpc) is 2.54. The van der Waals surface area contributed by atoms with Gasteiger partial charge in [-0.1, -0.05) is 28.1 Å². The molecule has 1 aliphatic rings. The topological polar surface area (TPSA) is 82.8 Å². The SMILES string of the molecule is CN=C(NCc1ccc(Br)cc1)NC1CCN(CC(N)=O)CC1.I. The van der Waals surface area contributed by atoms with Gasteiger partial charge in [0.1, 0.15) is 0 Å². The lowest BCUT2D eigenvalue weighted by Gasteiger charge is -2.32. The van der Waals surface area contributed by atoms with E-state index < -0.39 is 0 Å². The van der Waals surface area contributed by atoms with Gasteiger partial charge in [0.2, 0.25) is 5.91 Å². The van der Waals surface area contributed by atoms with Crippen LogP contribution in [0.3, 0.4) is 0 Å². The number of benzene rings is 1. The minimum atomic E-state index is -0.261. The first kappa shape index (κ1) is 21.2. The molecule has 1 heterocycles. The Morgan fingerprint density at radius 3 is 2.50 bits per heavy atom. The van der Waals surface area contributed by atoms with E-state index in [9.17, 15) is 4.79 Å². The Labute approximate surface area is 168 Å². The molecule has 1 aromatic rings. The molecule has 1 saturated heterocycles. The number of nitrogens with two attached hydrogens (primary N) is 1. The van der Waals surface area contributed by atoms with E-state index in [-0.39, 0.29) is 29.9 Å². The number of aliphatic imine (C=N–C) groups is 1. The quantitative estimate of drug-likeness (QED) is 0.320. The van der Waals surface area contributed by atoms with E-state index in [0.29, 0.717) is 12.6 Å². The van der Waals surface area contributed by atoms with Crippen LogP contribution in [0.25, 0.3) is 0 Å². The highest BCUT2D eigenvalue weighted by atomic mass is 127. The van der Waals surface area contributed by atoms with Gasteiger partial charge in [0.05, 0.1) is 6.54 Å². The summed E-state index contributed by atoms with van der Waals surface area (Å²) in [4.78, 5) is 17.3. The zero-order valence-electron chi connectivity index (χ0n) is 13.8. The number of guanidine groups is 1. The van der Waals surface area contributed by atoms with Crippen LogP contribution in [0, 0.1) is 0 Å². The van der Waals surface area contributed by atoms with Gasteiger partial charge in [0.25, 0.3) is 0 Å². The molecule has 134 valence electrons. The molecule has 1 aromatic carbocycles. The average molecular weight is 510 g/mol. The second kappa shape index (κ2) is 10.9. The van der Waals surface area contributed by atoms with E-state index in [2.05, 4.69) is 48.6 Å². The van der Waals surface area contributed by atoms with Crippen LogP contribution >= 0.6 is 39.9 Å². The van der Waals surface area contributed by atoms with Gasteiger partial charge in [-0.25, -0.2) is 0 Å². The van der Waals surface area contributed by atoms with Crippen molar-refractivity contribution in [1.29, 1.82) is 0 Å². The third kappa shape index (κ3) is 7.35. The largest absolute Gasteiger partial charge is 0.369 e. The fourth-order valence-corrected chi connectivity index (χ4v) is 2.90. The number of likely N-dealkylation sites (tertiary alicyclic amines) is 1. The first-order valence-electron chi connectivity index (χ1n) is 7.79. The molecule has 0 atom stereocenters. The van der Waals surface area contributed by atoms with E-state index in [0.717, 1.165) is 42.9 Å². The van der Waals surface area contributed by atoms with Gasteiger partial charge < -0.3 is 16.4 Å². The number of primary amides is 1. The Hall–Kier alpha value is -0.870. The van der Waals surface area contributed by atoms with Gasteiger partial charge in [-0.2, -0.15) is 0 Å². The molecule has 0 radical (unpaired) electrons. The standard InChI is InChI=1S/C16H24BrN5O.HI/c1-19-16(20-10-12-2-4-13(17)5-3-12)21-14-6-8-22(9-7-14)11-15(18)23;/h2-5,14H,6-11H2,1H3,(H2,18,23)(H2,19,20,21);1H. The Morgan fingerprint density at radius 1 is 1.33 bits per heavy atom. The second-order valence-corrected chi connectivity index (χ2v) is 6.63. The van der Waals surface area contributed by atoms with Gasteiger partial charge in [0, 0.05) is 37.2 Å². The van der Waals surface area contributed by atoms with Crippen LogP contribution in [0.15, 0.2) is 33.7 Å². The molecule has 0 aliphatic carbocycles. The van der Waals surface area contributed by atoms with Crippen molar-refractivity contribution in [3.63, 3.8) is 0 Å². The summed E-state index contributed by atoms with van der Waals surface area (Å²) in [6.07, 6.45) is 1.96. The summed E-state index contributed by atoms with van der Waals surface area (Å²) in [7, 11) is 1.78. The van der Waals surface area contributed by atoms with Crippen molar-refractivity contribution in [1.82, 2.24) is 15.5 Å². The number of carbonyl (C=O) groups is 1. The van der Waals surface area contributed by atoms with Crippen LogP contribution in [0.4, 0.5) is 0 Å². The second-order valence-electron chi connectivity index (χ2n) is 5.71. The van der Waals surface area contributed by atoms with Gasteiger partial charge in [-0.15, -0.1) is 24.0 Å². The minimum Gasteiger partial charge on any atom is -0.369 e. The lowest BCUT2D eigenvalue weighted by atomic mass is 10.1. The fourth-order valence-electron chi connectivity index (χ4n) is 2.63. The highest BCUT2D eigenvalue weighted by Crippen LogP contribution is 2.11. The minimum absolute atomic E-state index is 0. The Balaban J connectivity index is 0.00000288. The van der Waals surface area contributed by atoms with Gasteiger partial charge >= 0.3 is 0 Å². The molecule has 0 spiro atoms. The summed E-state index contributed by atoms with van der Waals surface area (Å²) in [5.41, 5.74) is 6.44. The van der Waals surface area contributed by atoms with Gasteiger partial charge in [-0.05, 0) is 30.5 Å². The third-order valence-corrected chi connectivity index (χ3v) is 4.43. The molecular weight excluding hydrogens is 485 g/mol. The lowest BCUT2D eigenvalue weighted by Crippen LogP contribution is -2.49. The zero-order valence-corrected chi connectivity index (χ0v) is 17.7. The number of halogens is 2. The maximum Gasteiger partial charge on any atom is 0.231 e. The number of hydrogen-bond donors (Lipinski definition) is 3. The van der Waals surface area contributed by atoms with E-state index >= 15 is 0 Å². The first-order valence-corrected chi connectivity index (χ1v) is 8.58. The van der Waals surface area contributed by atoms with Crippen LogP contribution in [-0.2, 0) is 11.3 Å². The molecule has 0 unspecified atom stereocenters. The van der Waals surface area contributed by atoms with Crippen LogP contribution < -0.4 is 16.4 Å². The number of carbonyl (C=O) groups excluding carboxylic acids is 1. The molecule has 2 rings (SSSR count). The Morgan fingerprint density at radius 2 is 1.96 bits per heavy atom. The van der Waals surface area contributed by atoms with E-state index in [1.807, 2.05) is 12.1 Å². The lowest BCUT2D eigenvalue weighted by molar-refractivity contribution is -0.119. The molecule has 4 N–H and O–H groups in total. The van der Waals surface area contributed by atoms with Crippen LogP contribution in [0.5, 0.6) is 0 Å². The summed E-state index contributed by atoms with van der Waals surface area (Å²) < 4.78 is 1.08. The summed E-state index contributed by atoms with van der Waals surface area (Å²) in [5, 5.41) is 6.78. The van der Waals surface area contributed by atoms with Crippen LogP contribution in [0.2, 0.25) is 0 Å². The maximum absolute atomic E-state index is 10.9. The molecule has 8 heteroatoms. The van der Waals surface area contributed by atoms with Gasteiger partial charge in [-0.3, -0.25) is 14.7 Å². The van der Waals surface area contributed by atoms with Gasteiger partial charge in [0.15, 0.2) is 5.96 Å². The molecule has 24 heavy (non-hydrogen) atoms. The van der Waals surface area contributed by atoms with Crippen molar-refractivity contribution >= 4 is 51.8 Å². The highest BCUT2D eigenvalue weighted by Gasteiger charge is 2.20. The predicted molar refractivity (Wildman–Crippen MR) is 112 cm³/mol. The molecule has 0 bridgehead atoms. The molecule has 0 aromatic heterocycles. The zero-order chi connectivity index (χ0) is 16.7. The summed E-state index contributed by atoms with van der Waals surface area (Å²) in [6.45, 7) is 2.84. The van der Waals surface area contributed by atoms with Crippen molar-refractivity contribution in [3.8, 4) is 0 Å². The number of piperidine rings is 1. The molecule has 6 nitrogen and oxygen atoms in total. The fraction of sp³-hybridized carbons (Fsp3) is 0.500. The first-order chi connectivity index (χ1) is 11.1. The van der Waals surface area contributed by atoms with Crippen molar-refractivity contribution in [2.75, 3.05) is 26.7 Å². The molecule has 0 saturated carbocycles. The number of nitrogens with zero attached hydrogens (tertiary/aromatic N) is 2. The normalized spacial score (nSPS) is 16.3. The maximum atomic E-state index is 10.9. The smallest absolute Gasteiger partial charge is 0.231 e. The monoisotopic (exact) mass is 509 g/mol. The number of nitrogens with one attached hydrogen (secondary N) is 2. The van der Waals surface area contributed by atoms with Crippen LogP contribution in [0.1, 0.15) is 18.4 Å². The molecular formula is C16H25BrIN5O. The van der Waals surface area contributed by atoms with Crippen molar-refractivity contribution in [2.45, 2.75) is 25.4 Å². The predicted octanol–water partition coefficient (Wildman–Crippen LogP) is 1.68. The number of amides is 1. The number of hydrogen-bond acceptors (Lipinski definition) is 3. The van der Waals surface area contributed by atoms with Crippen LogP contribution in [-0.4, -0.2) is 49.5 Å². The van der Waals surface area contributed by atoms with E-state index in [4.69, 9.17) is 5.73 Å². The summed E-state index contributed by atoms with van der Waals surface area (Å²) >= 11 is 3.44. The Kier molecular flexibility index (Phi) is 9.60. The molecule has 1 amide bonds.